The fourth-order valence-electron chi connectivity index (χ4n) is 2.88. The smallest absolute Gasteiger partial charge is 0.0692 e. The Hall–Kier alpha value is -0.0800. The molecule has 0 spiro atoms. The van der Waals surface area contributed by atoms with E-state index in [4.69, 9.17) is 0 Å². The first-order valence-electron chi connectivity index (χ1n) is 6.72. The van der Waals surface area contributed by atoms with Crippen LogP contribution < -0.4 is 5.32 Å². The Morgan fingerprint density at radius 1 is 1.20 bits per heavy atom. The van der Waals surface area contributed by atoms with Gasteiger partial charge in [0.2, 0.25) is 0 Å². The molecule has 0 aromatic carbocycles. The first-order valence-corrected chi connectivity index (χ1v) is 6.72. The summed E-state index contributed by atoms with van der Waals surface area (Å²) in [7, 11) is 0. The van der Waals surface area contributed by atoms with Crippen molar-refractivity contribution in [3.63, 3.8) is 0 Å². The van der Waals surface area contributed by atoms with Crippen molar-refractivity contribution in [3.05, 3.63) is 0 Å². The summed E-state index contributed by atoms with van der Waals surface area (Å²) in [6, 6.07) is 0.678. The molecule has 2 rings (SSSR count). The second-order valence-electron chi connectivity index (χ2n) is 5.37. The van der Waals surface area contributed by atoms with E-state index in [1.54, 1.807) is 0 Å². The third-order valence-electron chi connectivity index (χ3n) is 4.19. The minimum Gasteiger partial charge on any atom is -0.392 e. The van der Waals surface area contributed by atoms with Gasteiger partial charge in [0.1, 0.15) is 0 Å². The maximum absolute atomic E-state index is 9.82. The Kier molecular flexibility index (Phi) is 4.04. The van der Waals surface area contributed by atoms with Crippen molar-refractivity contribution in [3.8, 4) is 0 Å². The molecule has 0 aromatic rings. The van der Waals surface area contributed by atoms with Gasteiger partial charge >= 0.3 is 0 Å². The van der Waals surface area contributed by atoms with Gasteiger partial charge in [-0.05, 0) is 37.5 Å². The first kappa shape index (κ1) is 11.4. The monoisotopic (exact) mass is 211 g/mol. The second kappa shape index (κ2) is 5.31. The lowest BCUT2D eigenvalue weighted by Gasteiger charge is -2.32. The van der Waals surface area contributed by atoms with E-state index >= 15 is 0 Å². The molecule has 0 aromatic heterocycles. The van der Waals surface area contributed by atoms with E-state index in [9.17, 15) is 5.11 Å². The Morgan fingerprint density at radius 3 is 2.60 bits per heavy atom. The van der Waals surface area contributed by atoms with Crippen LogP contribution >= 0.6 is 0 Å². The lowest BCUT2D eigenvalue weighted by molar-refractivity contribution is 0.133. The standard InChI is InChI=1S/C13H25NO/c1-2-10-5-3-4-6-12(10)14-9-13(15)11-7-8-11/h10-15H,2-9H2,1H3. The predicted octanol–water partition coefficient (Wildman–Crippen LogP) is 2.32. The van der Waals surface area contributed by atoms with Crippen LogP contribution in [0.3, 0.4) is 0 Å². The minimum atomic E-state index is -0.0792. The Balaban J connectivity index is 1.71. The van der Waals surface area contributed by atoms with Crippen molar-refractivity contribution in [2.24, 2.45) is 11.8 Å². The molecule has 2 aliphatic carbocycles. The first-order chi connectivity index (χ1) is 7.31. The van der Waals surface area contributed by atoms with E-state index in [1.165, 1.54) is 44.9 Å². The summed E-state index contributed by atoms with van der Waals surface area (Å²) in [5, 5.41) is 13.4. The number of aliphatic hydroxyl groups is 1. The van der Waals surface area contributed by atoms with Crippen LogP contribution in [0.15, 0.2) is 0 Å². The molecule has 2 heteroatoms. The van der Waals surface area contributed by atoms with Crippen LogP contribution in [-0.2, 0) is 0 Å². The van der Waals surface area contributed by atoms with Crippen LogP contribution in [0, 0.1) is 11.8 Å². The fraction of sp³-hybridized carbons (Fsp3) is 1.00. The summed E-state index contributed by atoms with van der Waals surface area (Å²) in [4.78, 5) is 0. The van der Waals surface area contributed by atoms with Gasteiger partial charge in [-0.25, -0.2) is 0 Å². The Bertz CT molecular complexity index is 191. The largest absolute Gasteiger partial charge is 0.392 e. The summed E-state index contributed by atoms with van der Waals surface area (Å²) in [5.74, 6) is 1.46. The van der Waals surface area contributed by atoms with Gasteiger partial charge in [0, 0.05) is 12.6 Å². The zero-order valence-corrected chi connectivity index (χ0v) is 9.91. The van der Waals surface area contributed by atoms with Crippen LogP contribution in [0.1, 0.15) is 51.9 Å². The van der Waals surface area contributed by atoms with Gasteiger partial charge in [-0.1, -0.05) is 26.2 Å². The van der Waals surface area contributed by atoms with Gasteiger partial charge in [0.25, 0.3) is 0 Å². The third-order valence-corrected chi connectivity index (χ3v) is 4.19. The van der Waals surface area contributed by atoms with E-state index < -0.39 is 0 Å². The van der Waals surface area contributed by atoms with E-state index in [1.807, 2.05) is 0 Å². The quantitative estimate of drug-likeness (QED) is 0.731. The highest BCUT2D eigenvalue weighted by Gasteiger charge is 2.31. The molecule has 0 saturated heterocycles. The molecule has 0 aliphatic heterocycles. The number of hydrogen-bond donors (Lipinski definition) is 2. The zero-order valence-electron chi connectivity index (χ0n) is 9.91. The van der Waals surface area contributed by atoms with Crippen molar-refractivity contribution in [2.45, 2.75) is 64.0 Å². The summed E-state index contributed by atoms with van der Waals surface area (Å²) in [6.07, 6.45) is 9.16. The molecule has 2 saturated carbocycles. The molecule has 0 heterocycles. The average molecular weight is 211 g/mol. The van der Waals surface area contributed by atoms with E-state index in [0.29, 0.717) is 12.0 Å². The molecule has 2 aliphatic rings. The number of nitrogens with one attached hydrogen (secondary N) is 1. The van der Waals surface area contributed by atoms with Crippen LogP contribution in [0.2, 0.25) is 0 Å². The third kappa shape index (κ3) is 3.18. The molecule has 88 valence electrons. The zero-order chi connectivity index (χ0) is 10.7. The number of aliphatic hydroxyl groups excluding tert-OH is 1. The van der Waals surface area contributed by atoms with Gasteiger partial charge in [-0.15, -0.1) is 0 Å². The lowest BCUT2D eigenvalue weighted by atomic mass is 9.83. The van der Waals surface area contributed by atoms with E-state index in [-0.39, 0.29) is 6.10 Å². The molecule has 0 amide bonds. The highest BCUT2D eigenvalue weighted by Crippen LogP contribution is 2.33. The fourth-order valence-corrected chi connectivity index (χ4v) is 2.88. The maximum Gasteiger partial charge on any atom is 0.0692 e. The van der Waals surface area contributed by atoms with Gasteiger partial charge in [0.15, 0.2) is 0 Å². The van der Waals surface area contributed by atoms with E-state index in [0.717, 1.165) is 12.5 Å². The van der Waals surface area contributed by atoms with Gasteiger partial charge in [-0.3, -0.25) is 0 Å². The highest BCUT2D eigenvalue weighted by atomic mass is 16.3. The maximum atomic E-state index is 9.82. The van der Waals surface area contributed by atoms with Crippen LogP contribution in [0.4, 0.5) is 0 Å². The van der Waals surface area contributed by atoms with Crippen molar-refractivity contribution in [1.82, 2.24) is 5.32 Å². The second-order valence-corrected chi connectivity index (χ2v) is 5.37. The molecule has 3 unspecified atom stereocenters. The minimum absolute atomic E-state index is 0.0792. The Labute approximate surface area is 93.5 Å². The van der Waals surface area contributed by atoms with Crippen molar-refractivity contribution in [1.29, 1.82) is 0 Å². The number of hydrogen-bond acceptors (Lipinski definition) is 2. The molecule has 0 radical (unpaired) electrons. The van der Waals surface area contributed by atoms with Crippen LogP contribution in [-0.4, -0.2) is 23.8 Å². The summed E-state index contributed by atoms with van der Waals surface area (Å²) in [6.45, 7) is 3.12. The molecular formula is C13H25NO. The van der Waals surface area contributed by atoms with Crippen molar-refractivity contribution in [2.75, 3.05) is 6.54 Å². The summed E-state index contributed by atoms with van der Waals surface area (Å²) in [5.41, 5.74) is 0. The van der Waals surface area contributed by atoms with Crippen LogP contribution in [0.5, 0.6) is 0 Å². The van der Waals surface area contributed by atoms with Crippen LogP contribution in [0.25, 0.3) is 0 Å². The Morgan fingerprint density at radius 2 is 1.93 bits per heavy atom. The normalized spacial score (nSPS) is 34.0. The topological polar surface area (TPSA) is 32.3 Å². The lowest BCUT2D eigenvalue weighted by Crippen LogP contribution is -2.42. The molecule has 2 N–H and O–H groups in total. The molecular weight excluding hydrogens is 186 g/mol. The SMILES string of the molecule is CCC1CCCCC1NCC(O)C1CC1. The summed E-state index contributed by atoms with van der Waals surface area (Å²) < 4.78 is 0. The van der Waals surface area contributed by atoms with Crippen molar-refractivity contribution < 1.29 is 5.11 Å². The summed E-state index contributed by atoms with van der Waals surface area (Å²) >= 11 is 0. The van der Waals surface area contributed by atoms with E-state index in [2.05, 4.69) is 12.2 Å². The number of rotatable bonds is 5. The van der Waals surface area contributed by atoms with Gasteiger partial charge in [0.05, 0.1) is 6.10 Å². The van der Waals surface area contributed by atoms with Gasteiger partial charge in [-0.2, -0.15) is 0 Å². The molecule has 2 nitrogen and oxygen atoms in total. The predicted molar refractivity (Wildman–Crippen MR) is 62.8 cm³/mol. The highest BCUT2D eigenvalue weighted by molar-refractivity contribution is 4.85. The molecule has 0 bridgehead atoms. The van der Waals surface area contributed by atoms with Crippen molar-refractivity contribution >= 4 is 0 Å². The average Bonchev–Trinajstić information content (AvgIpc) is 3.10. The molecule has 15 heavy (non-hydrogen) atoms. The van der Waals surface area contributed by atoms with Gasteiger partial charge < -0.3 is 10.4 Å². The molecule has 3 atom stereocenters. The molecule has 2 fully saturated rings.